The van der Waals surface area contributed by atoms with Crippen LogP contribution in [-0.2, 0) is 9.53 Å². The van der Waals surface area contributed by atoms with Crippen LogP contribution in [0.5, 0.6) is 5.75 Å². The smallest absolute Gasteiger partial charge is 0.255 e. The Morgan fingerprint density at radius 1 is 1.14 bits per heavy atom. The highest BCUT2D eigenvalue weighted by Gasteiger charge is 2.21. The normalized spacial score (nSPS) is 17.7. The lowest BCUT2D eigenvalue weighted by molar-refractivity contribution is -0.113. The van der Waals surface area contributed by atoms with Gasteiger partial charge >= 0.3 is 0 Å². The molecule has 2 N–H and O–H groups in total. The van der Waals surface area contributed by atoms with Gasteiger partial charge in [0.1, 0.15) is 12.4 Å². The highest BCUT2D eigenvalue weighted by atomic mass is 79.9. The predicted molar refractivity (Wildman–Crippen MR) is 114 cm³/mol. The second kappa shape index (κ2) is 8.80. The summed E-state index contributed by atoms with van der Waals surface area (Å²) in [5.74, 6) is 0.202. The first kappa shape index (κ1) is 19.7. The molecule has 2 heterocycles. The fourth-order valence-electron chi connectivity index (χ4n) is 3.38. The van der Waals surface area contributed by atoms with Gasteiger partial charge in [0.2, 0.25) is 0 Å². The van der Waals surface area contributed by atoms with Gasteiger partial charge in [-0.3, -0.25) is 9.59 Å². The molecular formula is C22H21BrN2O4. The maximum Gasteiger partial charge on any atom is 0.255 e. The van der Waals surface area contributed by atoms with Crippen molar-refractivity contribution >= 4 is 39.5 Å². The Labute approximate surface area is 177 Å². The molecule has 0 radical (unpaired) electrons. The van der Waals surface area contributed by atoms with Crippen LogP contribution in [0.15, 0.2) is 52.5 Å². The zero-order chi connectivity index (χ0) is 20.2. The average Bonchev–Trinajstić information content (AvgIpc) is 3.25. The van der Waals surface area contributed by atoms with Crippen LogP contribution >= 0.6 is 15.9 Å². The number of ether oxygens (including phenoxy) is 2. The second-order valence-corrected chi connectivity index (χ2v) is 7.90. The molecule has 29 heavy (non-hydrogen) atoms. The van der Waals surface area contributed by atoms with Crippen LogP contribution in [0.25, 0.3) is 6.08 Å². The van der Waals surface area contributed by atoms with E-state index in [1.54, 1.807) is 30.3 Å². The monoisotopic (exact) mass is 456 g/mol. The summed E-state index contributed by atoms with van der Waals surface area (Å²) in [6, 6.07) is 12.6. The molecule has 0 bridgehead atoms. The molecule has 2 aromatic carbocycles. The maximum absolute atomic E-state index is 12.8. The number of carbonyl (C=O) groups excluding carboxylic acids is 2. The van der Waals surface area contributed by atoms with Gasteiger partial charge in [0.25, 0.3) is 11.8 Å². The van der Waals surface area contributed by atoms with Crippen molar-refractivity contribution in [2.75, 3.05) is 25.1 Å². The zero-order valence-electron chi connectivity index (χ0n) is 15.7. The number of hydrogen-bond acceptors (Lipinski definition) is 4. The van der Waals surface area contributed by atoms with Crippen LogP contribution in [0, 0.1) is 0 Å². The summed E-state index contributed by atoms with van der Waals surface area (Å²) in [4.78, 5) is 25.4. The maximum atomic E-state index is 12.8. The van der Waals surface area contributed by atoms with Crippen molar-refractivity contribution in [2.24, 2.45) is 0 Å². The third-order valence-corrected chi connectivity index (χ3v) is 5.40. The number of rotatable bonds is 5. The molecule has 2 amide bonds. The van der Waals surface area contributed by atoms with Gasteiger partial charge < -0.3 is 20.1 Å². The number of hydrogen-bond donors (Lipinski definition) is 2. The standard InChI is InChI=1S/C22H21BrN2O4/c23-16-7-8-20-14(11-16)10-15(13-29-20)21(26)25-19-6-2-1-5-18(19)22(27)24-12-17-4-3-9-28-17/h1-2,5-8,10-11,17H,3-4,9,12-13H2,(H,24,27)(H,25,26). The number of fused-ring (bicyclic) bond motifs is 1. The van der Waals surface area contributed by atoms with E-state index < -0.39 is 0 Å². The molecule has 1 fully saturated rings. The fourth-order valence-corrected chi connectivity index (χ4v) is 3.76. The molecule has 2 aliphatic rings. The minimum absolute atomic E-state index is 0.0599. The van der Waals surface area contributed by atoms with Crippen LogP contribution in [-0.4, -0.2) is 37.7 Å². The zero-order valence-corrected chi connectivity index (χ0v) is 17.3. The lowest BCUT2D eigenvalue weighted by atomic mass is 10.1. The molecule has 0 spiro atoms. The molecule has 1 unspecified atom stereocenters. The number of halogens is 1. The first-order valence-electron chi connectivity index (χ1n) is 9.53. The minimum Gasteiger partial charge on any atom is -0.488 e. The first-order valence-corrected chi connectivity index (χ1v) is 10.3. The van der Waals surface area contributed by atoms with E-state index >= 15 is 0 Å². The fraction of sp³-hybridized carbons (Fsp3) is 0.273. The predicted octanol–water partition coefficient (Wildman–Crippen LogP) is 3.77. The third kappa shape index (κ3) is 4.68. The van der Waals surface area contributed by atoms with Gasteiger partial charge in [-0.25, -0.2) is 0 Å². The van der Waals surface area contributed by atoms with Gasteiger partial charge in [-0.05, 0) is 49.2 Å². The van der Waals surface area contributed by atoms with Crippen LogP contribution in [0.2, 0.25) is 0 Å². The minimum atomic E-state index is -0.296. The first-order chi connectivity index (χ1) is 14.1. The van der Waals surface area contributed by atoms with Gasteiger partial charge in [-0.1, -0.05) is 28.1 Å². The number of para-hydroxylation sites is 1. The Balaban J connectivity index is 1.46. The van der Waals surface area contributed by atoms with E-state index in [9.17, 15) is 9.59 Å². The van der Waals surface area contributed by atoms with Gasteiger partial charge in [0.05, 0.1) is 22.9 Å². The van der Waals surface area contributed by atoms with Crippen LogP contribution in [0.1, 0.15) is 28.8 Å². The van der Waals surface area contributed by atoms with Crippen molar-refractivity contribution < 1.29 is 19.1 Å². The van der Waals surface area contributed by atoms with Gasteiger partial charge in [-0.2, -0.15) is 0 Å². The molecule has 0 aromatic heterocycles. The number of carbonyl (C=O) groups is 2. The molecule has 1 atom stereocenters. The topological polar surface area (TPSA) is 76.7 Å². The number of anilines is 1. The molecule has 1 saturated heterocycles. The van der Waals surface area contributed by atoms with Gasteiger partial charge in [0.15, 0.2) is 0 Å². The Hall–Kier alpha value is -2.64. The van der Waals surface area contributed by atoms with E-state index in [4.69, 9.17) is 9.47 Å². The Bertz CT molecular complexity index is 967. The van der Waals surface area contributed by atoms with Crippen LogP contribution < -0.4 is 15.4 Å². The summed E-state index contributed by atoms with van der Waals surface area (Å²) in [6.07, 6.45) is 3.83. The Kier molecular flexibility index (Phi) is 5.97. The SMILES string of the molecule is O=C(Nc1ccccc1C(=O)NCC1CCCO1)C1=Cc2cc(Br)ccc2OC1. The van der Waals surface area contributed by atoms with Crippen molar-refractivity contribution in [1.82, 2.24) is 5.32 Å². The van der Waals surface area contributed by atoms with E-state index in [0.717, 1.165) is 35.2 Å². The number of nitrogens with one attached hydrogen (secondary N) is 2. The van der Waals surface area contributed by atoms with Gasteiger partial charge in [0, 0.05) is 23.2 Å². The summed E-state index contributed by atoms with van der Waals surface area (Å²) < 4.78 is 12.1. The number of benzene rings is 2. The van der Waals surface area contributed by atoms with Crippen LogP contribution in [0.4, 0.5) is 5.69 Å². The molecule has 0 saturated carbocycles. The van der Waals surface area contributed by atoms with E-state index in [-0.39, 0.29) is 24.5 Å². The molecular weight excluding hydrogens is 436 g/mol. The second-order valence-electron chi connectivity index (χ2n) is 6.99. The largest absolute Gasteiger partial charge is 0.488 e. The molecule has 7 heteroatoms. The van der Waals surface area contributed by atoms with Crippen molar-refractivity contribution in [2.45, 2.75) is 18.9 Å². The summed E-state index contributed by atoms with van der Waals surface area (Å²) in [5.41, 5.74) is 2.20. The van der Waals surface area contributed by atoms with E-state index in [1.807, 2.05) is 18.2 Å². The van der Waals surface area contributed by atoms with Gasteiger partial charge in [-0.15, -0.1) is 0 Å². The summed E-state index contributed by atoms with van der Waals surface area (Å²) in [6.45, 7) is 1.38. The summed E-state index contributed by atoms with van der Waals surface area (Å²) in [5, 5.41) is 5.74. The Morgan fingerprint density at radius 2 is 2.00 bits per heavy atom. The van der Waals surface area contributed by atoms with Crippen molar-refractivity contribution in [3.63, 3.8) is 0 Å². The molecule has 150 valence electrons. The molecule has 2 aromatic rings. The number of amides is 2. The summed E-state index contributed by atoms with van der Waals surface area (Å²) in [7, 11) is 0. The highest BCUT2D eigenvalue weighted by Crippen LogP contribution is 2.29. The average molecular weight is 457 g/mol. The third-order valence-electron chi connectivity index (χ3n) is 4.91. The molecule has 0 aliphatic carbocycles. The lowest BCUT2D eigenvalue weighted by Gasteiger charge is -2.19. The molecule has 6 nitrogen and oxygen atoms in total. The quantitative estimate of drug-likeness (QED) is 0.717. The summed E-state index contributed by atoms with van der Waals surface area (Å²) >= 11 is 3.43. The molecule has 4 rings (SSSR count). The Morgan fingerprint density at radius 3 is 2.83 bits per heavy atom. The van der Waals surface area contributed by atoms with Crippen molar-refractivity contribution in [1.29, 1.82) is 0 Å². The lowest BCUT2D eigenvalue weighted by Crippen LogP contribution is -2.32. The van der Waals surface area contributed by atoms with E-state index in [1.165, 1.54) is 0 Å². The van der Waals surface area contributed by atoms with Crippen molar-refractivity contribution in [3.8, 4) is 5.75 Å². The van der Waals surface area contributed by atoms with Crippen molar-refractivity contribution in [3.05, 3.63) is 63.6 Å². The van der Waals surface area contributed by atoms with Crippen LogP contribution in [0.3, 0.4) is 0 Å². The van der Waals surface area contributed by atoms with E-state index in [0.29, 0.717) is 23.4 Å². The highest BCUT2D eigenvalue weighted by molar-refractivity contribution is 9.10. The van der Waals surface area contributed by atoms with E-state index in [2.05, 4.69) is 26.6 Å². The molecule has 2 aliphatic heterocycles.